The number of pyridine rings is 4. The van der Waals surface area contributed by atoms with Crippen LogP contribution in [0.15, 0.2) is 261 Å². The smallest absolute Gasteiger partial charge is 0.200 e. The first kappa shape index (κ1) is 60.3. The fourth-order valence-corrected chi connectivity index (χ4v) is 18.0. The molecule has 12 aromatic rings. The number of rotatable bonds is 11. The minimum absolute atomic E-state index is 0.308. The normalized spacial score (nSPS) is 23.2. The number of hydrogen-bond donors (Lipinski definition) is 0. The average Bonchev–Trinajstić information content (AvgIpc) is 1.59. The lowest BCUT2D eigenvalue weighted by atomic mass is 9.68. The van der Waals surface area contributed by atoms with E-state index in [0.717, 1.165) is 40.1 Å². The molecule has 500 valence electrons. The van der Waals surface area contributed by atoms with E-state index in [0.29, 0.717) is 29.2 Å². The molecule has 6 bridgehead atoms. The molecule has 100 heavy (non-hydrogen) atoms. The van der Waals surface area contributed by atoms with Gasteiger partial charge in [0.15, 0.2) is 24.8 Å². The van der Waals surface area contributed by atoms with Gasteiger partial charge in [-0.15, -0.1) is 0 Å². The molecule has 9 aliphatic carbocycles. The maximum atomic E-state index is 9.04. The number of aromatic nitrogens is 4. The molecule has 0 saturated heterocycles. The van der Waals surface area contributed by atoms with Gasteiger partial charge in [0.05, 0.1) is 0 Å². The third-order valence-electron chi connectivity index (χ3n) is 23.6. The van der Waals surface area contributed by atoms with Gasteiger partial charge < -0.3 is 0 Å². The average molecular weight is 1310 g/mol. The predicted molar refractivity (Wildman–Crippen MR) is 413 cm³/mol. The Morgan fingerprint density at radius 1 is 0.270 bits per heavy atom. The highest BCUT2D eigenvalue weighted by Gasteiger charge is 2.49. The lowest BCUT2D eigenvalue weighted by Crippen LogP contribution is -2.30. The number of benzene rings is 8. The van der Waals surface area contributed by atoms with Gasteiger partial charge in [0, 0.05) is 75.6 Å². The van der Waals surface area contributed by atoms with E-state index in [1.165, 1.54) is 164 Å². The van der Waals surface area contributed by atoms with Gasteiger partial charge in [-0.3, -0.25) is 0 Å². The molecule has 6 unspecified atom stereocenters. The Morgan fingerprint density at radius 3 is 0.940 bits per heavy atom. The van der Waals surface area contributed by atoms with Gasteiger partial charge in [-0.25, -0.2) is 18.3 Å². The van der Waals surface area contributed by atoms with Crippen molar-refractivity contribution in [2.75, 3.05) is 0 Å². The number of hydrogen-bond acceptors (Lipinski definition) is 0. The minimum Gasteiger partial charge on any atom is -0.200 e. The molecule has 0 amide bonds. The first-order valence-electron chi connectivity index (χ1n) is 39.3. The Bertz CT molecular complexity index is 5170. The van der Waals surface area contributed by atoms with Crippen molar-refractivity contribution in [3.05, 3.63) is 311 Å². The van der Waals surface area contributed by atoms with E-state index in [-0.39, 0.29) is 11.8 Å². The van der Waals surface area contributed by atoms with Crippen molar-refractivity contribution in [2.45, 2.75) is 117 Å². The van der Waals surface area contributed by atoms with Crippen LogP contribution in [-0.2, 0) is 28.2 Å². The summed E-state index contributed by atoms with van der Waals surface area (Å²) in [6.07, 6.45) is 20.6. The van der Waals surface area contributed by atoms with Gasteiger partial charge in [-0.05, 0) is 273 Å². The van der Waals surface area contributed by atoms with Gasteiger partial charge in [0.2, 0.25) is 22.8 Å². The Labute approximate surface area is 603 Å². The van der Waals surface area contributed by atoms with E-state index >= 15 is 0 Å². The van der Waals surface area contributed by atoms with Crippen LogP contribution in [0.5, 0.6) is 0 Å². The highest BCUT2D eigenvalue weighted by atomic mass is 14.9. The fourth-order valence-electron chi connectivity index (χ4n) is 18.0. The summed E-state index contributed by atoms with van der Waals surface area (Å²) in [5.74, 6) is 4.45. The molecule has 0 aliphatic heterocycles. The summed E-state index contributed by atoms with van der Waals surface area (Å²) in [4.78, 5) is 0. The van der Waals surface area contributed by atoms with E-state index in [2.05, 4.69) is 298 Å². The molecule has 4 aromatic heterocycles. The molecule has 0 N–H and O–H groups in total. The Balaban J connectivity index is 0.000000112. The summed E-state index contributed by atoms with van der Waals surface area (Å²) in [7, 11) is 8.42. The Morgan fingerprint density at radius 2 is 0.590 bits per heavy atom. The summed E-state index contributed by atoms with van der Waals surface area (Å²) in [6, 6.07) is 84.0. The molecule has 4 nitrogen and oxygen atoms in total. The van der Waals surface area contributed by atoms with E-state index < -0.39 is 6.85 Å². The van der Waals surface area contributed by atoms with Crippen LogP contribution in [0.4, 0.5) is 0 Å². The molecule has 4 heteroatoms. The second-order valence-electron chi connectivity index (χ2n) is 29.9. The Hall–Kier alpha value is -9.64. The topological polar surface area (TPSA) is 15.5 Å². The zero-order valence-electron chi connectivity index (χ0n) is 65.0. The standard InChI is InChI=1S/3C25H26N.C21H22N/c1-17-6-3-4-9-23(17)24-13-12-22(16-26(24)2)18-7-5-8-19(14-18)25-20-10-11-21(25)15-20;2*1-17-5-3-4-6-23(17)24-14-13-22(16-26(24)2)18-7-9-19(10-8-18)25-20-11-12-21(25)15-20;1-15-9-10-18(13-17(15)3)19-11-12-21(22(4)14-19)20-8-6-5-7-16(20)2/h3-9,12-14,16,20-21,25H,10-11,15H2,1-2H3;2*3-10,13-14,16,20-21,25H,11-12,15H2,1-2H3;5-14H,1-4H3/q4*+1/i2*25D;;1D3. The van der Waals surface area contributed by atoms with Gasteiger partial charge in [-0.2, -0.15) is 0 Å². The van der Waals surface area contributed by atoms with Crippen molar-refractivity contribution in [1.29, 1.82) is 0 Å². The number of nitrogens with zero attached hydrogens (tertiary/aromatic N) is 4. The molecule has 9 fully saturated rings. The van der Waals surface area contributed by atoms with Crippen LogP contribution in [0.3, 0.4) is 0 Å². The van der Waals surface area contributed by atoms with Gasteiger partial charge in [-0.1, -0.05) is 164 Å². The molecule has 6 atom stereocenters. The zero-order valence-corrected chi connectivity index (χ0v) is 60.0. The highest BCUT2D eigenvalue weighted by molar-refractivity contribution is 5.71. The molecule has 9 aliphatic rings. The largest absolute Gasteiger partial charge is 0.212 e. The van der Waals surface area contributed by atoms with E-state index in [1.54, 1.807) is 11.6 Å². The van der Waals surface area contributed by atoms with Crippen LogP contribution in [-0.4, -0.2) is 0 Å². The van der Waals surface area contributed by atoms with E-state index in [4.69, 9.17) is 6.85 Å². The highest BCUT2D eigenvalue weighted by Crippen LogP contribution is 2.61. The second kappa shape index (κ2) is 28.5. The monoisotopic (exact) mass is 1310 g/mol. The van der Waals surface area contributed by atoms with Crippen LogP contribution in [0.1, 0.15) is 132 Å². The van der Waals surface area contributed by atoms with Crippen molar-refractivity contribution in [3.8, 4) is 89.5 Å². The van der Waals surface area contributed by atoms with Crippen LogP contribution >= 0.6 is 0 Å². The van der Waals surface area contributed by atoms with Gasteiger partial charge in [0.1, 0.15) is 28.2 Å². The van der Waals surface area contributed by atoms with Crippen LogP contribution in [0.25, 0.3) is 89.5 Å². The lowest BCUT2D eigenvalue weighted by Gasteiger charge is -2.36. The van der Waals surface area contributed by atoms with Crippen molar-refractivity contribution in [3.63, 3.8) is 0 Å². The fraction of sp³-hybridized carbons (Fsp3) is 0.292. The maximum Gasteiger partial charge on any atom is 0.212 e. The predicted octanol–water partition coefficient (Wildman–Crippen LogP) is 21.8. The Kier molecular flexibility index (Phi) is 17.2. The molecule has 8 aromatic carbocycles. The molecule has 9 saturated carbocycles. The van der Waals surface area contributed by atoms with Crippen molar-refractivity contribution >= 4 is 0 Å². The number of aryl methyl sites for hydroxylation is 10. The molecular weight excluding hydrogens is 1210 g/mol. The molecule has 0 radical (unpaired) electrons. The SMILES string of the molecule is Cc1ccccc1-c1ccc(-c2ccc(C3C4CCC3C4)cc2)c[n+]1C.[2H]C([2H])([2H])c1ccc(-c2ccc(-c3ccccc3C)[n+](C)c2)cc1C.[2H]C1(c2ccc(-c3ccc(-c4ccccc4C)[n+](C)c3)cc2)C2CCC1C2.[2H]C1(c2cccc(-c3ccc(-c4ccccc4C)[n+](C)c3)c2)C2CCC1C2. The van der Waals surface area contributed by atoms with E-state index in [1.807, 2.05) is 38.2 Å². The first-order chi connectivity index (χ1) is 50.6. The number of fused-ring (bicyclic) bond motifs is 3. The zero-order chi connectivity index (χ0) is 73.1. The van der Waals surface area contributed by atoms with Crippen molar-refractivity contribution in [1.82, 2.24) is 0 Å². The molecule has 0 spiro atoms. The quantitative estimate of drug-likeness (QED) is 0.115. The minimum atomic E-state index is -2.07. The van der Waals surface area contributed by atoms with Crippen LogP contribution in [0, 0.1) is 77.0 Å². The van der Waals surface area contributed by atoms with Crippen molar-refractivity contribution < 1.29 is 25.1 Å². The van der Waals surface area contributed by atoms with Crippen LogP contribution < -0.4 is 18.3 Å². The van der Waals surface area contributed by atoms with Gasteiger partial charge >= 0.3 is 0 Å². The second-order valence-corrected chi connectivity index (χ2v) is 29.9. The van der Waals surface area contributed by atoms with Crippen LogP contribution in [0.2, 0.25) is 0 Å². The summed E-state index contributed by atoms with van der Waals surface area (Å²) in [6.45, 7) is 8.39. The summed E-state index contributed by atoms with van der Waals surface area (Å²) < 4.78 is 49.5. The van der Waals surface area contributed by atoms with Gasteiger partial charge in [0.25, 0.3) is 0 Å². The molecule has 21 rings (SSSR count). The maximum absolute atomic E-state index is 9.04. The summed E-state index contributed by atoms with van der Waals surface area (Å²) in [5, 5.41) is 0. The molecule has 4 heterocycles. The molecular formula is C96H100N4+4. The van der Waals surface area contributed by atoms with Crippen molar-refractivity contribution in [2.24, 2.45) is 63.7 Å². The third-order valence-corrected chi connectivity index (χ3v) is 23.6. The van der Waals surface area contributed by atoms with E-state index in [9.17, 15) is 0 Å². The summed E-state index contributed by atoms with van der Waals surface area (Å²) in [5.41, 5.74) is 29.8. The summed E-state index contributed by atoms with van der Waals surface area (Å²) >= 11 is 0. The third kappa shape index (κ3) is 13.4. The lowest BCUT2D eigenvalue weighted by molar-refractivity contribution is -0.660. The first-order valence-corrected chi connectivity index (χ1v) is 36.8.